The van der Waals surface area contributed by atoms with Crippen molar-refractivity contribution in [2.75, 3.05) is 66.9 Å². The zero-order valence-corrected chi connectivity index (χ0v) is 59.9. The lowest BCUT2D eigenvalue weighted by atomic mass is 9.89. The number of piperidine rings is 1. The molecule has 2 saturated heterocycles. The molecule has 0 saturated carbocycles. The highest BCUT2D eigenvalue weighted by Gasteiger charge is 2.48. The van der Waals surface area contributed by atoms with Crippen molar-refractivity contribution in [3.63, 3.8) is 0 Å². The molecule has 0 aliphatic carbocycles. The minimum atomic E-state index is -4.61. The second-order valence-electron chi connectivity index (χ2n) is 27.6. The van der Waals surface area contributed by atoms with E-state index < -0.39 is 121 Å². The molecule has 0 aromatic heterocycles. The van der Waals surface area contributed by atoms with Crippen LogP contribution < -0.4 is 48.7 Å². The summed E-state index contributed by atoms with van der Waals surface area (Å²) in [6, 6.07) is 8.00. The molecule has 0 radical (unpaired) electrons. The Morgan fingerprint density at radius 2 is 1.35 bits per heavy atom. The van der Waals surface area contributed by atoms with E-state index >= 15 is 0 Å². The van der Waals surface area contributed by atoms with Gasteiger partial charge in [-0.2, -0.15) is 13.2 Å². The Kier molecular flexibility index (Phi) is 33.9. The minimum Gasteiger partial charge on any atom is -0.379 e. The van der Waals surface area contributed by atoms with Crippen LogP contribution in [-0.2, 0) is 65.6 Å². The van der Waals surface area contributed by atoms with Crippen LogP contribution >= 0.6 is 0 Å². The zero-order chi connectivity index (χ0) is 73.3. The van der Waals surface area contributed by atoms with Crippen molar-refractivity contribution in [1.82, 2.24) is 51.5 Å². The summed E-state index contributed by atoms with van der Waals surface area (Å²) in [5, 5.41) is 19.7. The first-order chi connectivity index (χ1) is 46.1. The van der Waals surface area contributed by atoms with Gasteiger partial charge in [-0.05, 0) is 125 Å². The number of likely N-dealkylation sites (N-methyl/N-ethyl adjacent to an activating group) is 2. The van der Waals surface area contributed by atoms with Crippen molar-refractivity contribution < 1.29 is 70.6 Å². The predicted molar refractivity (Wildman–Crippen MR) is 367 cm³/mol. The fraction of sp³-hybridized carbons (Fsp3) is 0.686. The van der Waals surface area contributed by atoms with Crippen LogP contribution in [0.25, 0.3) is 0 Å². The van der Waals surface area contributed by atoms with Gasteiger partial charge in [-0.3, -0.25) is 53.0 Å². The van der Waals surface area contributed by atoms with Gasteiger partial charge in [0.1, 0.15) is 24.2 Å². The highest BCUT2D eigenvalue weighted by Crippen LogP contribution is 2.35. The van der Waals surface area contributed by atoms with E-state index in [-0.39, 0.29) is 118 Å². The van der Waals surface area contributed by atoms with Crippen molar-refractivity contribution in [2.24, 2.45) is 47.0 Å². The number of carbonyl (C=O) groups excluding carboxylic acids is 10. The highest BCUT2D eigenvalue weighted by atomic mass is 19.4. The smallest absolute Gasteiger partial charge is 0.379 e. The largest absolute Gasteiger partial charge is 0.404 e. The number of carbonyl (C=O) groups is 10. The molecule has 11 amide bonds. The predicted octanol–water partition coefficient (Wildman–Crippen LogP) is 4.99. The normalized spacial score (nSPS) is 19.0. The number of urea groups is 1. The number of ether oxygens (including phenoxy) is 2. The molecular formula is C70H112F3N13O12. The number of rotatable bonds is 39. The molecule has 98 heavy (non-hydrogen) atoms. The first-order valence-corrected chi connectivity index (χ1v) is 34.5. The number of anilines is 1. The van der Waals surface area contributed by atoms with Gasteiger partial charge in [-0.25, -0.2) is 4.79 Å². The quantitative estimate of drug-likeness (QED) is 0.0399. The van der Waals surface area contributed by atoms with Crippen molar-refractivity contribution >= 4 is 64.9 Å². The molecule has 25 nitrogen and oxygen atoms in total. The average molecular weight is 1380 g/mol. The maximum atomic E-state index is 14.6. The van der Waals surface area contributed by atoms with Crippen LogP contribution in [0.1, 0.15) is 144 Å². The lowest BCUT2D eigenvalue weighted by molar-refractivity contribution is -0.195. The maximum Gasteiger partial charge on any atom is 0.404 e. The number of primary amides is 2. The molecule has 4 unspecified atom stereocenters. The number of hydrogen-bond donors (Lipinski definition) is 9. The number of hydrogen-bond acceptors (Lipinski definition) is 14. The van der Waals surface area contributed by atoms with Crippen LogP contribution in [0.5, 0.6) is 0 Å². The van der Waals surface area contributed by atoms with Crippen LogP contribution in [0.2, 0.25) is 0 Å². The van der Waals surface area contributed by atoms with E-state index in [1.165, 1.54) is 19.1 Å². The Morgan fingerprint density at radius 1 is 0.694 bits per heavy atom. The van der Waals surface area contributed by atoms with Crippen molar-refractivity contribution in [3.8, 4) is 0 Å². The summed E-state index contributed by atoms with van der Waals surface area (Å²) >= 11 is 0. The first kappa shape index (κ1) is 83.0. The first-order valence-electron chi connectivity index (χ1n) is 34.5. The Labute approximate surface area is 577 Å². The molecule has 11 N–H and O–H groups in total. The molecular weight excluding hydrogens is 1270 g/mol. The number of likely N-dealkylation sites (tertiary alicyclic amines) is 2. The van der Waals surface area contributed by atoms with Gasteiger partial charge in [0.25, 0.3) is 0 Å². The van der Waals surface area contributed by atoms with Gasteiger partial charge in [0.2, 0.25) is 53.2 Å². The van der Waals surface area contributed by atoms with E-state index in [4.69, 9.17) is 20.9 Å². The molecule has 4 rings (SSSR count). The maximum absolute atomic E-state index is 14.6. The fourth-order valence-electron chi connectivity index (χ4n) is 13.4. The third-order valence-electron chi connectivity index (χ3n) is 19.0. The van der Waals surface area contributed by atoms with Gasteiger partial charge >= 0.3 is 12.2 Å². The SMILES string of the molecule is CC[C@H](C)[C@@H]([C@@H](CC(=O)N1CCC[C@H]1[C@H](OC)[C@@H](C)C(=O)N[C@H](CC(=O)NCc1ccc(NC(=O)[C@H](CCCNC(N)=O)NC(=O)C(NC(=O)CCCN2CCC(C(N)=O)CC2C(F)(F)F)C(C)C)cc1)Cc1ccccc1)OC)N(C)C(=O)[C@@H](NC(=O)C(C(C)C)N(C)C)C(C)C. The van der Waals surface area contributed by atoms with Crippen LogP contribution in [0.4, 0.5) is 23.7 Å². The number of nitrogens with one attached hydrogen (secondary N) is 7. The van der Waals surface area contributed by atoms with Gasteiger partial charge in [-0.15, -0.1) is 0 Å². The lowest BCUT2D eigenvalue weighted by Gasteiger charge is -2.41. The molecule has 28 heteroatoms. The molecule has 2 aliphatic rings. The van der Waals surface area contributed by atoms with Crippen molar-refractivity contribution in [3.05, 3.63) is 65.7 Å². The average Bonchev–Trinajstić information content (AvgIpc) is 1.33. The standard InChI is InChI=1S/C70H112F3N13O12/c1-15-44(8)61(84(12)68(95)59(42(4)5)82-67(94)60(43(6)7)83(10)11)53(97-13)39-57(89)86-34-20-25-52(86)62(98-14)45(9)64(91)79-50(36-46-22-17-16-18-23-46)38-56(88)77-40-47-27-29-49(30-28-47)78-65(92)51(24-19-32-76-69(75)96)80-66(93)58(41(2)3)81-55(87)26-21-33-85-35-31-48(63(74)90)37-54(85)70(71,72)73/h16-18,22-23,27-30,41-45,48,50-54,58-62H,15,19-21,24-26,31-40H2,1-14H3,(H2,74,90)(H,77,88)(H,78,92)(H,79,91)(H,80,93)(H,81,87)(H,82,94)(H3,75,76,96)/t44-,45+,48?,50-,51-,52-,53+,54?,58?,59-,60?,61-,62+/m0/s1. The second kappa shape index (κ2) is 40.0. The van der Waals surface area contributed by atoms with E-state index in [0.29, 0.717) is 43.5 Å². The highest BCUT2D eigenvalue weighted by molar-refractivity contribution is 5.98. The van der Waals surface area contributed by atoms with E-state index in [1.807, 2.05) is 90.9 Å². The fourth-order valence-corrected chi connectivity index (χ4v) is 13.4. The number of alkyl halides is 3. The summed E-state index contributed by atoms with van der Waals surface area (Å²) in [5.74, 6) is -6.74. The van der Waals surface area contributed by atoms with Crippen molar-refractivity contribution in [2.45, 2.75) is 213 Å². The van der Waals surface area contributed by atoms with Gasteiger partial charge in [0.05, 0.1) is 42.7 Å². The van der Waals surface area contributed by atoms with Gasteiger partial charge in [0.15, 0.2) is 0 Å². The van der Waals surface area contributed by atoms with E-state index in [1.54, 1.807) is 61.9 Å². The van der Waals surface area contributed by atoms with Crippen LogP contribution in [0, 0.1) is 35.5 Å². The number of nitrogens with two attached hydrogens (primary N) is 2. The van der Waals surface area contributed by atoms with Crippen molar-refractivity contribution in [1.29, 1.82) is 0 Å². The summed E-state index contributed by atoms with van der Waals surface area (Å²) in [6.45, 7) is 17.2. The van der Waals surface area contributed by atoms with Gasteiger partial charge in [0, 0.05) is 71.4 Å². The van der Waals surface area contributed by atoms with Crippen LogP contribution in [0.15, 0.2) is 54.6 Å². The molecule has 2 aliphatic heterocycles. The monoisotopic (exact) mass is 1380 g/mol. The third-order valence-corrected chi connectivity index (χ3v) is 19.0. The van der Waals surface area contributed by atoms with Crippen LogP contribution in [-0.4, -0.2) is 207 Å². The third kappa shape index (κ3) is 25.4. The number of methoxy groups -OCH3 is 2. The lowest BCUT2D eigenvalue weighted by Crippen LogP contribution is -2.59. The van der Waals surface area contributed by atoms with E-state index in [2.05, 4.69) is 37.2 Å². The summed E-state index contributed by atoms with van der Waals surface area (Å²) in [4.78, 5) is 141. The number of benzene rings is 2. The number of halogens is 3. The Bertz CT molecular complexity index is 2920. The Balaban J connectivity index is 1.41. The molecule has 13 atom stereocenters. The number of amides is 11. The van der Waals surface area contributed by atoms with E-state index in [0.717, 1.165) is 5.56 Å². The molecule has 2 fully saturated rings. The summed E-state index contributed by atoms with van der Waals surface area (Å²) < 4.78 is 54.0. The molecule has 0 bridgehead atoms. The second-order valence-corrected chi connectivity index (χ2v) is 27.6. The number of nitrogens with zero attached hydrogens (tertiary/aromatic N) is 4. The van der Waals surface area contributed by atoms with Crippen LogP contribution in [0.3, 0.4) is 0 Å². The summed E-state index contributed by atoms with van der Waals surface area (Å²) in [6.07, 6.45) is -4.28. The summed E-state index contributed by atoms with van der Waals surface area (Å²) in [7, 11) is 8.39. The Morgan fingerprint density at radius 3 is 1.91 bits per heavy atom. The van der Waals surface area contributed by atoms with E-state index in [9.17, 15) is 61.1 Å². The zero-order valence-electron chi connectivity index (χ0n) is 59.9. The molecule has 550 valence electrons. The molecule has 2 aromatic rings. The Hall–Kier alpha value is -7.43. The molecule has 0 spiro atoms. The van der Waals surface area contributed by atoms with Gasteiger partial charge in [-0.1, -0.05) is 111 Å². The molecule has 2 heterocycles. The van der Waals surface area contributed by atoms with Gasteiger partial charge < -0.3 is 68.0 Å². The minimum absolute atomic E-state index is 0.0101. The molecule has 2 aromatic carbocycles. The topological polar surface area (TPSA) is 338 Å². The summed E-state index contributed by atoms with van der Waals surface area (Å²) in [5.41, 5.74) is 12.4.